The number of nitrogens with zero attached hydrogens (tertiary/aromatic N) is 1. The van der Waals surface area contributed by atoms with E-state index in [1.54, 1.807) is 43.0 Å². The van der Waals surface area contributed by atoms with E-state index in [0.29, 0.717) is 30.8 Å². The molecule has 0 aromatic heterocycles. The maximum absolute atomic E-state index is 12.8. The second-order valence-electron chi connectivity index (χ2n) is 8.35. The van der Waals surface area contributed by atoms with Crippen molar-refractivity contribution in [1.82, 2.24) is 15.5 Å². The first-order valence-corrected chi connectivity index (χ1v) is 11.7. The Hall–Kier alpha value is -3.63. The van der Waals surface area contributed by atoms with Crippen molar-refractivity contribution in [3.63, 3.8) is 0 Å². The van der Waals surface area contributed by atoms with Crippen LogP contribution in [0.1, 0.15) is 52.5 Å². The number of nitrogens with one attached hydrogen (secondary N) is 3. The van der Waals surface area contributed by atoms with Crippen molar-refractivity contribution in [2.45, 2.75) is 59.0 Å². The third-order valence-corrected chi connectivity index (χ3v) is 5.32. The molecule has 0 saturated heterocycles. The van der Waals surface area contributed by atoms with Crippen LogP contribution in [-0.2, 0) is 19.2 Å². The van der Waals surface area contributed by atoms with Crippen LogP contribution in [-0.4, -0.2) is 71.3 Å². The number of nitrogens with two attached hydrogens (primary N) is 1. The van der Waals surface area contributed by atoms with Gasteiger partial charge in [-0.1, -0.05) is 13.8 Å². The summed E-state index contributed by atoms with van der Waals surface area (Å²) < 4.78 is 5.55. The summed E-state index contributed by atoms with van der Waals surface area (Å²) in [7, 11) is 0. The zero-order valence-electron chi connectivity index (χ0n) is 20.8. The first kappa shape index (κ1) is 29.4. The molecule has 0 saturated carbocycles. The highest BCUT2D eigenvalue weighted by molar-refractivity contribution is 5.95. The Kier molecular flexibility index (Phi) is 12.3. The third kappa shape index (κ3) is 10.0. The molecule has 0 heterocycles. The molecule has 35 heavy (non-hydrogen) atoms. The fraction of sp³-hybridized carbons (Fsp3) is 0.542. The molecule has 2 atom stereocenters. The van der Waals surface area contributed by atoms with E-state index in [4.69, 9.17) is 15.9 Å². The Bertz CT molecular complexity index is 883. The number of ether oxygens (including phenoxy) is 1. The summed E-state index contributed by atoms with van der Waals surface area (Å²) in [6.07, 6.45) is -0.265. The van der Waals surface area contributed by atoms with E-state index in [2.05, 4.69) is 10.6 Å². The number of amides is 3. The van der Waals surface area contributed by atoms with Gasteiger partial charge in [0.25, 0.3) is 0 Å². The lowest BCUT2D eigenvalue weighted by atomic mass is 10.0. The van der Waals surface area contributed by atoms with Crippen molar-refractivity contribution < 1.29 is 29.0 Å². The summed E-state index contributed by atoms with van der Waals surface area (Å²) in [5, 5.41) is 21.7. The molecule has 11 nitrogen and oxygen atoms in total. The second-order valence-corrected chi connectivity index (χ2v) is 8.35. The number of carboxylic acid groups (broad SMARTS) is 1. The Morgan fingerprint density at radius 3 is 2.17 bits per heavy atom. The van der Waals surface area contributed by atoms with Gasteiger partial charge in [-0.3, -0.25) is 24.6 Å². The molecular formula is C24H37N5O6. The zero-order chi connectivity index (χ0) is 26.5. The highest BCUT2D eigenvalue weighted by Crippen LogP contribution is 2.12. The van der Waals surface area contributed by atoms with Crippen LogP contribution in [0.2, 0.25) is 0 Å². The standard InChI is InChI=1S/C24H37N5O6/c1-5-29(6-2)24(34)21(15(3)4)28-23(33)18(14-20(31)32)27-19(30)8-7-13-35-17-11-9-16(10-12-17)22(25)26/h9-12,15,18,21H,5-8,13-14H2,1-4H3,(H3,25,26)(H,27,30)(H,28,33)(H,31,32)/t18-,21-/m0/s1. The second kappa shape index (κ2) is 14.6. The van der Waals surface area contributed by atoms with Gasteiger partial charge in [-0.15, -0.1) is 0 Å². The number of likely N-dealkylation sites (N-methyl/N-ethyl adjacent to an activating group) is 1. The molecule has 0 unspecified atom stereocenters. The summed E-state index contributed by atoms with van der Waals surface area (Å²) in [5.74, 6) is -2.46. The lowest BCUT2D eigenvalue weighted by molar-refractivity contribution is -0.141. The number of hydrogen-bond acceptors (Lipinski definition) is 6. The normalized spacial score (nSPS) is 12.4. The van der Waals surface area contributed by atoms with Gasteiger partial charge in [0.15, 0.2) is 0 Å². The first-order valence-electron chi connectivity index (χ1n) is 11.7. The fourth-order valence-electron chi connectivity index (χ4n) is 3.30. The highest BCUT2D eigenvalue weighted by Gasteiger charge is 2.31. The molecule has 0 bridgehead atoms. The largest absolute Gasteiger partial charge is 0.494 e. The third-order valence-electron chi connectivity index (χ3n) is 5.32. The number of rotatable bonds is 15. The average Bonchev–Trinajstić information content (AvgIpc) is 2.80. The van der Waals surface area contributed by atoms with E-state index in [1.807, 2.05) is 13.8 Å². The summed E-state index contributed by atoms with van der Waals surface area (Å²) >= 11 is 0. The molecule has 3 amide bonds. The van der Waals surface area contributed by atoms with Crippen LogP contribution in [0.3, 0.4) is 0 Å². The molecule has 6 N–H and O–H groups in total. The predicted molar refractivity (Wildman–Crippen MR) is 131 cm³/mol. The van der Waals surface area contributed by atoms with Gasteiger partial charge in [-0.2, -0.15) is 0 Å². The quantitative estimate of drug-likeness (QED) is 0.139. The highest BCUT2D eigenvalue weighted by atomic mass is 16.5. The van der Waals surface area contributed by atoms with Crippen LogP contribution in [0, 0.1) is 11.3 Å². The fourth-order valence-corrected chi connectivity index (χ4v) is 3.30. The molecular weight excluding hydrogens is 454 g/mol. The molecule has 0 radical (unpaired) electrons. The molecule has 1 aromatic carbocycles. The van der Waals surface area contributed by atoms with E-state index in [0.717, 1.165) is 0 Å². The molecule has 0 aliphatic heterocycles. The lowest BCUT2D eigenvalue weighted by Gasteiger charge is -2.29. The number of carboxylic acids is 1. The minimum atomic E-state index is -1.31. The minimum absolute atomic E-state index is 0.0148. The average molecular weight is 492 g/mol. The summed E-state index contributed by atoms with van der Waals surface area (Å²) in [4.78, 5) is 50.8. The van der Waals surface area contributed by atoms with E-state index >= 15 is 0 Å². The van der Waals surface area contributed by atoms with Gasteiger partial charge >= 0.3 is 5.97 Å². The molecule has 11 heteroatoms. The zero-order valence-corrected chi connectivity index (χ0v) is 20.8. The maximum Gasteiger partial charge on any atom is 0.305 e. The smallest absolute Gasteiger partial charge is 0.305 e. The van der Waals surface area contributed by atoms with Crippen molar-refractivity contribution in [3.05, 3.63) is 29.8 Å². The Labute approximate surface area is 205 Å². The molecule has 1 rings (SSSR count). The number of nitrogen functional groups attached to an aromatic ring is 1. The number of benzene rings is 1. The van der Waals surface area contributed by atoms with Crippen LogP contribution in [0.15, 0.2) is 24.3 Å². The summed E-state index contributed by atoms with van der Waals surface area (Å²) in [6, 6.07) is 4.47. The molecule has 0 fully saturated rings. The van der Waals surface area contributed by atoms with Gasteiger partial charge in [0.1, 0.15) is 23.7 Å². The topological polar surface area (TPSA) is 175 Å². The van der Waals surface area contributed by atoms with Gasteiger partial charge < -0.3 is 31.1 Å². The van der Waals surface area contributed by atoms with Crippen LogP contribution in [0.5, 0.6) is 5.75 Å². The predicted octanol–water partition coefficient (Wildman–Crippen LogP) is 1.10. The van der Waals surface area contributed by atoms with Crippen molar-refractivity contribution >= 4 is 29.5 Å². The van der Waals surface area contributed by atoms with E-state index in [9.17, 15) is 24.3 Å². The monoisotopic (exact) mass is 491 g/mol. The van der Waals surface area contributed by atoms with Gasteiger partial charge in [-0.05, 0) is 50.5 Å². The van der Waals surface area contributed by atoms with Crippen molar-refractivity contribution in [2.75, 3.05) is 19.7 Å². The molecule has 194 valence electrons. The van der Waals surface area contributed by atoms with Crippen LogP contribution in [0.4, 0.5) is 0 Å². The van der Waals surface area contributed by atoms with Crippen LogP contribution < -0.4 is 21.1 Å². The van der Waals surface area contributed by atoms with Crippen molar-refractivity contribution in [1.29, 1.82) is 5.41 Å². The number of aliphatic carboxylic acids is 1. The number of amidine groups is 1. The molecule has 1 aromatic rings. The summed E-state index contributed by atoms with van der Waals surface area (Å²) in [6.45, 7) is 8.41. The molecule has 0 aliphatic rings. The van der Waals surface area contributed by atoms with Gasteiger partial charge in [0, 0.05) is 25.1 Å². The SMILES string of the molecule is CCN(CC)C(=O)[C@@H](NC(=O)[C@H](CC(=O)O)NC(=O)CCCOc1ccc(C(=N)N)cc1)C(C)C. The van der Waals surface area contributed by atoms with Crippen LogP contribution in [0.25, 0.3) is 0 Å². The summed E-state index contributed by atoms with van der Waals surface area (Å²) in [5.41, 5.74) is 5.97. The lowest BCUT2D eigenvalue weighted by Crippen LogP contribution is -2.56. The Balaban J connectivity index is 2.67. The van der Waals surface area contributed by atoms with Gasteiger partial charge in [-0.25, -0.2) is 0 Å². The maximum atomic E-state index is 12.8. The van der Waals surface area contributed by atoms with Gasteiger partial charge in [0.05, 0.1) is 13.0 Å². The van der Waals surface area contributed by atoms with E-state index in [-0.39, 0.29) is 30.7 Å². The van der Waals surface area contributed by atoms with Crippen LogP contribution >= 0.6 is 0 Å². The number of carbonyl (C=O) groups excluding carboxylic acids is 3. The molecule has 0 aliphatic carbocycles. The van der Waals surface area contributed by atoms with E-state index in [1.165, 1.54) is 0 Å². The van der Waals surface area contributed by atoms with Crippen molar-refractivity contribution in [3.8, 4) is 5.75 Å². The Morgan fingerprint density at radius 1 is 1.09 bits per heavy atom. The first-order chi connectivity index (χ1) is 16.5. The molecule has 0 spiro atoms. The van der Waals surface area contributed by atoms with Gasteiger partial charge in [0.2, 0.25) is 17.7 Å². The van der Waals surface area contributed by atoms with Crippen molar-refractivity contribution in [2.24, 2.45) is 11.7 Å². The minimum Gasteiger partial charge on any atom is -0.494 e. The number of hydrogen-bond donors (Lipinski definition) is 5. The number of carbonyl (C=O) groups is 4. The van der Waals surface area contributed by atoms with E-state index < -0.39 is 36.3 Å². The Morgan fingerprint density at radius 2 is 1.69 bits per heavy atom.